The van der Waals surface area contributed by atoms with E-state index >= 15 is 0 Å². The molecule has 4 saturated carbocycles. The van der Waals surface area contributed by atoms with Gasteiger partial charge in [0.2, 0.25) is 0 Å². The van der Waals surface area contributed by atoms with Gasteiger partial charge in [-0.05, 0) is 117 Å². The van der Waals surface area contributed by atoms with E-state index in [1.807, 2.05) is 0 Å². The van der Waals surface area contributed by atoms with Crippen LogP contribution >= 0.6 is 0 Å². The molecule has 0 aromatic carbocycles. The molecule has 0 saturated heterocycles. The van der Waals surface area contributed by atoms with Crippen LogP contribution in [0.25, 0.3) is 0 Å². The van der Waals surface area contributed by atoms with Crippen LogP contribution in [0.2, 0.25) is 0 Å². The molecule has 3 N–H and O–H groups in total. The SMILES string of the molecule is CCCCNC1CCC2(C)C3CCC4(C)C(C(C)CCC(C)C)CCC4C3CCC2(N)C1. The van der Waals surface area contributed by atoms with Crippen LogP contribution in [0.1, 0.15) is 125 Å². The van der Waals surface area contributed by atoms with Crippen molar-refractivity contribution in [3.63, 3.8) is 0 Å². The summed E-state index contributed by atoms with van der Waals surface area (Å²) in [6.07, 6.45) is 18.0. The molecule has 0 bridgehead atoms. The fourth-order valence-corrected chi connectivity index (χ4v) is 9.78. The average Bonchev–Trinajstić information content (AvgIpc) is 3.10. The summed E-state index contributed by atoms with van der Waals surface area (Å²) in [6, 6.07) is 0.655. The molecule has 0 aliphatic heterocycles. The highest BCUT2D eigenvalue weighted by atomic mass is 15.0. The van der Waals surface area contributed by atoms with E-state index in [1.54, 1.807) is 0 Å². The van der Waals surface area contributed by atoms with Crippen molar-refractivity contribution < 1.29 is 0 Å². The van der Waals surface area contributed by atoms with E-state index in [9.17, 15) is 0 Å². The van der Waals surface area contributed by atoms with Crippen LogP contribution in [0.3, 0.4) is 0 Å². The first kappa shape index (κ1) is 25.0. The first-order chi connectivity index (χ1) is 15.1. The molecule has 4 fully saturated rings. The molecule has 0 heterocycles. The van der Waals surface area contributed by atoms with Gasteiger partial charge in [0.25, 0.3) is 0 Å². The van der Waals surface area contributed by atoms with Gasteiger partial charge in [0.1, 0.15) is 0 Å². The van der Waals surface area contributed by atoms with Crippen molar-refractivity contribution in [3.8, 4) is 0 Å². The van der Waals surface area contributed by atoms with Crippen LogP contribution in [0.5, 0.6) is 0 Å². The largest absolute Gasteiger partial charge is 0.325 e. The lowest BCUT2D eigenvalue weighted by Gasteiger charge is -2.65. The minimum absolute atomic E-state index is 0.0621. The Morgan fingerprint density at radius 3 is 2.41 bits per heavy atom. The van der Waals surface area contributed by atoms with E-state index in [4.69, 9.17) is 5.73 Å². The van der Waals surface area contributed by atoms with Gasteiger partial charge in [-0.25, -0.2) is 0 Å². The molecule has 9 atom stereocenters. The van der Waals surface area contributed by atoms with Gasteiger partial charge >= 0.3 is 0 Å². The average molecular weight is 445 g/mol. The van der Waals surface area contributed by atoms with E-state index in [2.05, 4.69) is 46.9 Å². The topological polar surface area (TPSA) is 38.0 Å². The van der Waals surface area contributed by atoms with Gasteiger partial charge in [-0.3, -0.25) is 0 Å². The summed E-state index contributed by atoms with van der Waals surface area (Å²) in [4.78, 5) is 0. The van der Waals surface area contributed by atoms with Crippen LogP contribution in [0, 0.1) is 46.3 Å². The number of nitrogens with one attached hydrogen (secondary N) is 1. The van der Waals surface area contributed by atoms with Crippen molar-refractivity contribution >= 4 is 0 Å². The molecule has 0 aromatic heterocycles. The van der Waals surface area contributed by atoms with Gasteiger partial charge in [0.15, 0.2) is 0 Å². The molecule has 32 heavy (non-hydrogen) atoms. The summed E-state index contributed by atoms with van der Waals surface area (Å²) in [7, 11) is 0. The minimum Gasteiger partial charge on any atom is -0.325 e. The summed E-state index contributed by atoms with van der Waals surface area (Å²) in [5, 5.41) is 3.87. The number of fused-ring (bicyclic) bond motifs is 5. The van der Waals surface area contributed by atoms with Crippen LogP contribution in [0.4, 0.5) is 0 Å². The van der Waals surface area contributed by atoms with Crippen molar-refractivity contribution in [2.24, 2.45) is 52.1 Å². The van der Waals surface area contributed by atoms with E-state index in [0.29, 0.717) is 16.9 Å². The number of hydrogen-bond acceptors (Lipinski definition) is 2. The maximum Gasteiger partial charge on any atom is 0.0226 e. The zero-order valence-corrected chi connectivity index (χ0v) is 22.5. The van der Waals surface area contributed by atoms with Crippen molar-refractivity contribution in [1.29, 1.82) is 0 Å². The Morgan fingerprint density at radius 2 is 1.69 bits per heavy atom. The Bertz CT molecular complexity index is 630. The van der Waals surface area contributed by atoms with Crippen molar-refractivity contribution in [2.75, 3.05) is 6.54 Å². The Kier molecular flexibility index (Phi) is 7.45. The predicted octanol–water partition coefficient (Wildman–Crippen LogP) is 7.56. The second-order valence-corrected chi connectivity index (χ2v) is 13.9. The maximum absolute atomic E-state index is 7.37. The lowest BCUT2D eigenvalue weighted by molar-refractivity contribution is -0.128. The minimum atomic E-state index is 0.0621. The van der Waals surface area contributed by atoms with E-state index in [-0.39, 0.29) is 5.54 Å². The molecule has 0 amide bonds. The molecule has 2 nitrogen and oxygen atoms in total. The summed E-state index contributed by atoms with van der Waals surface area (Å²) in [5.41, 5.74) is 8.40. The molecule has 4 aliphatic carbocycles. The lowest BCUT2D eigenvalue weighted by atomic mass is 9.42. The van der Waals surface area contributed by atoms with Gasteiger partial charge in [0, 0.05) is 11.6 Å². The van der Waals surface area contributed by atoms with Gasteiger partial charge in [-0.1, -0.05) is 60.8 Å². The van der Waals surface area contributed by atoms with Crippen LogP contribution < -0.4 is 11.1 Å². The first-order valence-corrected chi connectivity index (χ1v) is 14.7. The first-order valence-electron chi connectivity index (χ1n) is 14.7. The monoisotopic (exact) mass is 444 g/mol. The van der Waals surface area contributed by atoms with Gasteiger partial charge in [-0.2, -0.15) is 0 Å². The Hall–Kier alpha value is -0.0800. The van der Waals surface area contributed by atoms with E-state index < -0.39 is 0 Å². The molecule has 4 rings (SSSR count). The summed E-state index contributed by atoms with van der Waals surface area (Å²) in [5.74, 6) is 5.50. The van der Waals surface area contributed by atoms with E-state index in [0.717, 1.165) is 35.5 Å². The van der Waals surface area contributed by atoms with Crippen molar-refractivity contribution in [3.05, 3.63) is 0 Å². The van der Waals surface area contributed by atoms with Crippen molar-refractivity contribution in [1.82, 2.24) is 5.32 Å². The second-order valence-electron chi connectivity index (χ2n) is 13.9. The zero-order chi connectivity index (χ0) is 23.1. The van der Waals surface area contributed by atoms with Gasteiger partial charge in [-0.15, -0.1) is 0 Å². The molecule has 9 unspecified atom stereocenters. The molecule has 4 aliphatic rings. The fraction of sp³-hybridized carbons (Fsp3) is 1.00. The molecule has 0 radical (unpaired) electrons. The third-order valence-electron chi connectivity index (χ3n) is 11.9. The Morgan fingerprint density at radius 1 is 0.906 bits per heavy atom. The van der Waals surface area contributed by atoms with E-state index in [1.165, 1.54) is 90.0 Å². The number of nitrogens with two attached hydrogens (primary N) is 1. The standard InChI is InChI=1S/C30H56N2/c1-7-8-19-32-23-13-17-29(6)27-15-16-28(5)25(22(4)10-9-21(2)3)11-12-26(28)24(27)14-18-30(29,31)20-23/h21-27,32H,7-20,31H2,1-6H3. The molecular formula is C30H56N2. The molecule has 2 heteroatoms. The Balaban J connectivity index is 1.46. The molecule has 186 valence electrons. The molecular weight excluding hydrogens is 388 g/mol. The Labute approximate surface area is 200 Å². The summed E-state index contributed by atoms with van der Waals surface area (Å²) >= 11 is 0. The maximum atomic E-state index is 7.37. The number of hydrogen-bond donors (Lipinski definition) is 2. The zero-order valence-electron chi connectivity index (χ0n) is 22.5. The number of unbranched alkanes of at least 4 members (excludes halogenated alkanes) is 1. The van der Waals surface area contributed by atoms with Crippen LogP contribution in [-0.4, -0.2) is 18.1 Å². The van der Waals surface area contributed by atoms with Gasteiger partial charge in [0.05, 0.1) is 0 Å². The highest BCUT2D eigenvalue weighted by Gasteiger charge is 2.63. The highest BCUT2D eigenvalue weighted by molar-refractivity contribution is 5.16. The quantitative estimate of drug-likeness (QED) is 0.379. The number of rotatable bonds is 8. The highest BCUT2D eigenvalue weighted by Crippen LogP contribution is 2.68. The fourth-order valence-electron chi connectivity index (χ4n) is 9.78. The van der Waals surface area contributed by atoms with Crippen LogP contribution in [0.15, 0.2) is 0 Å². The smallest absolute Gasteiger partial charge is 0.0226 e. The summed E-state index contributed by atoms with van der Waals surface area (Å²) < 4.78 is 0. The lowest BCUT2D eigenvalue weighted by Crippen LogP contribution is -2.68. The molecule has 0 aromatic rings. The summed E-state index contributed by atoms with van der Waals surface area (Å²) in [6.45, 7) is 16.2. The van der Waals surface area contributed by atoms with Crippen LogP contribution in [-0.2, 0) is 0 Å². The third-order valence-corrected chi connectivity index (χ3v) is 11.9. The normalized spacial score (nSPS) is 47.1. The third kappa shape index (κ3) is 4.23. The molecule has 0 spiro atoms. The second kappa shape index (κ2) is 9.52. The van der Waals surface area contributed by atoms with Gasteiger partial charge < -0.3 is 11.1 Å². The predicted molar refractivity (Wildman–Crippen MR) is 139 cm³/mol. The van der Waals surface area contributed by atoms with Crippen molar-refractivity contribution in [2.45, 2.75) is 137 Å².